The first kappa shape index (κ1) is 16.3. The highest BCUT2D eigenvalue weighted by Crippen LogP contribution is 2.20. The van der Waals surface area contributed by atoms with Gasteiger partial charge in [0.2, 0.25) is 5.91 Å². The summed E-state index contributed by atoms with van der Waals surface area (Å²) in [6.07, 6.45) is 2.31. The molecule has 3 rings (SSSR count). The molecule has 24 heavy (non-hydrogen) atoms. The number of furan rings is 1. The molecule has 0 saturated heterocycles. The Labute approximate surface area is 139 Å². The lowest BCUT2D eigenvalue weighted by Gasteiger charge is -2.21. The third-order valence-corrected chi connectivity index (χ3v) is 4.03. The molecule has 3 aromatic rings. The number of H-pyrrole nitrogens is 1. The van der Waals surface area contributed by atoms with E-state index >= 15 is 0 Å². The maximum atomic E-state index is 12.0. The number of carbonyl (C=O) groups excluding carboxylic acids is 1. The minimum atomic E-state index is -1.23. The lowest BCUT2D eigenvalue weighted by molar-refractivity contribution is -0.122. The minimum Gasteiger partial charge on any atom is -0.466 e. The van der Waals surface area contributed by atoms with E-state index in [1.807, 2.05) is 25.1 Å². The van der Waals surface area contributed by atoms with E-state index in [1.54, 1.807) is 19.1 Å². The summed E-state index contributed by atoms with van der Waals surface area (Å²) in [6.45, 7) is 3.71. The topological polar surface area (TPSA) is 91.2 Å². The number of fused-ring (bicyclic) bond motifs is 1. The van der Waals surface area contributed by atoms with Gasteiger partial charge in [0.15, 0.2) is 0 Å². The second-order valence-electron chi connectivity index (χ2n) is 6.18. The number of aromatic amines is 1. The zero-order chi connectivity index (χ0) is 17.2. The van der Waals surface area contributed by atoms with Crippen LogP contribution >= 0.6 is 0 Å². The van der Waals surface area contributed by atoms with E-state index in [2.05, 4.69) is 15.3 Å². The molecule has 2 aromatic heterocycles. The highest BCUT2D eigenvalue weighted by atomic mass is 16.4. The fourth-order valence-corrected chi connectivity index (χ4v) is 2.61. The molecule has 0 saturated carbocycles. The summed E-state index contributed by atoms with van der Waals surface area (Å²) in [5.41, 5.74) is 1.80. The van der Waals surface area contributed by atoms with Crippen molar-refractivity contribution in [3.05, 3.63) is 53.7 Å². The number of aliphatic hydroxyl groups is 1. The van der Waals surface area contributed by atoms with Gasteiger partial charge in [-0.2, -0.15) is 0 Å². The Bertz CT molecular complexity index is 834. The number of rotatable bonds is 6. The van der Waals surface area contributed by atoms with Crippen LogP contribution in [0, 0.1) is 6.92 Å². The maximum absolute atomic E-state index is 12.0. The molecule has 6 nitrogen and oxygen atoms in total. The summed E-state index contributed by atoms with van der Waals surface area (Å²) in [5, 5.41) is 13.0. The van der Waals surface area contributed by atoms with Crippen LogP contribution in [0.5, 0.6) is 0 Å². The van der Waals surface area contributed by atoms with Gasteiger partial charge in [-0.15, -0.1) is 0 Å². The molecule has 0 fully saturated rings. The van der Waals surface area contributed by atoms with Crippen LogP contribution in [0.1, 0.15) is 30.5 Å². The van der Waals surface area contributed by atoms with E-state index in [-0.39, 0.29) is 12.5 Å². The molecule has 6 heteroatoms. The van der Waals surface area contributed by atoms with Crippen molar-refractivity contribution in [2.45, 2.75) is 32.3 Å². The van der Waals surface area contributed by atoms with Gasteiger partial charge in [0.25, 0.3) is 0 Å². The number of benzene rings is 1. The van der Waals surface area contributed by atoms with Gasteiger partial charge in [-0.25, -0.2) is 4.98 Å². The summed E-state index contributed by atoms with van der Waals surface area (Å²) in [4.78, 5) is 19.8. The number of nitrogens with one attached hydrogen (secondary N) is 2. The largest absolute Gasteiger partial charge is 0.466 e. The zero-order valence-corrected chi connectivity index (χ0v) is 13.8. The van der Waals surface area contributed by atoms with E-state index in [4.69, 9.17) is 4.42 Å². The van der Waals surface area contributed by atoms with Crippen molar-refractivity contribution >= 4 is 16.9 Å². The molecule has 0 aliphatic rings. The summed E-state index contributed by atoms with van der Waals surface area (Å²) in [6, 6.07) is 9.34. The van der Waals surface area contributed by atoms with Crippen molar-refractivity contribution in [2.75, 3.05) is 6.54 Å². The zero-order valence-electron chi connectivity index (χ0n) is 13.8. The number of aryl methyl sites for hydroxylation is 2. The summed E-state index contributed by atoms with van der Waals surface area (Å²) < 4.78 is 5.19. The van der Waals surface area contributed by atoms with E-state index in [0.29, 0.717) is 18.6 Å². The molecule has 3 N–H and O–H groups in total. The second-order valence-corrected chi connectivity index (χ2v) is 6.18. The predicted molar refractivity (Wildman–Crippen MR) is 90.4 cm³/mol. The lowest BCUT2D eigenvalue weighted by atomic mass is 10.0. The Kier molecular flexibility index (Phi) is 4.40. The van der Waals surface area contributed by atoms with Crippen LogP contribution in [-0.2, 0) is 16.8 Å². The van der Waals surface area contributed by atoms with Crippen molar-refractivity contribution in [1.29, 1.82) is 0 Å². The minimum absolute atomic E-state index is 0.0958. The van der Waals surface area contributed by atoms with Gasteiger partial charge >= 0.3 is 0 Å². The van der Waals surface area contributed by atoms with Crippen LogP contribution < -0.4 is 5.32 Å². The average Bonchev–Trinajstić information content (AvgIpc) is 3.21. The third-order valence-electron chi connectivity index (χ3n) is 4.03. The van der Waals surface area contributed by atoms with E-state index in [0.717, 1.165) is 22.4 Å². The molecule has 0 spiro atoms. The first-order valence-electron chi connectivity index (χ1n) is 7.93. The van der Waals surface area contributed by atoms with Crippen LogP contribution in [-0.4, -0.2) is 27.5 Å². The summed E-state index contributed by atoms with van der Waals surface area (Å²) in [7, 11) is 0. The van der Waals surface area contributed by atoms with Crippen LogP contribution in [0.15, 0.2) is 41.0 Å². The lowest BCUT2D eigenvalue weighted by Crippen LogP contribution is -2.38. The fraction of sp³-hybridized carbons (Fsp3) is 0.333. The third kappa shape index (κ3) is 3.49. The number of amides is 1. The van der Waals surface area contributed by atoms with Gasteiger partial charge in [0, 0.05) is 12.8 Å². The van der Waals surface area contributed by atoms with Gasteiger partial charge in [0.1, 0.15) is 17.2 Å². The van der Waals surface area contributed by atoms with E-state index in [9.17, 15) is 9.90 Å². The van der Waals surface area contributed by atoms with Crippen LogP contribution in [0.3, 0.4) is 0 Å². The molecule has 0 aliphatic heterocycles. The molecule has 0 aliphatic carbocycles. The number of imidazole rings is 1. The Morgan fingerprint density at radius 1 is 1.38 bits per heavy atom. The Balaban J connectivity index is 1.54. The van der Waals surface area contributed by atoms with E-state index in [1.165, 1.54) is 6.26 Å². The molecular weight excluding hydrogens is 306 g/mol. The van der Waals surface area contributed by atoms with Crippen molar-refractivity contribution in [2.24, 2.45) is 0 Å². The molecule has 1 unspecified atom stereocenters. The first-order chi connectivity index (χ1) is 11.5. The van der Waals surface area contributed by atoms with E-state index < -0.39 is 5.60 Å². The average molecular weight is 327 g/mol. The molecular formula is C18H21N3O3. The standard InChI is InChI=1S/C18H21N3O3/c1-12-5-3-6-13-17(12)21-15(20-13)8-9-16(22)19-11-18(2,23)14-7-4-10-24-14/h3-7,10,23H,8-9,11H2,1-2H3,(H,19,22)(H,20,21). The molecule has 1 atom stereocenters. The molecule has 2 heterocycles. The fourth-order valence-electron chi connectivity index (χ4n) is 2.61. The quantitative estimate of drug-likeness (QED) is 0.648. The summed E-state index contributed by atoms with van der Waals surface area (Å²) >= 11 is 0. The van der Waals surface area contributed by atoms with Gasteiger partial charge in [-0.05, 0) is 37.6 Å². The monoisotopic (exact) mass is 327 g/mol. The number of para-hydroxylation sites is 1. The van der Waals surface area contributed by atoms with Gasteiger partial charge in [0.05, 0.1) is 23.8 Å². The van der Waals surface area contributed by atoms with Crippen LogP contribution in [0.25, 0.3) is 11.0 Å². The normalized spacial score (nSPS) is 13.8. The van der Waals surface area contributed by atoms with Gasteiger partial charge in [-0.1, -0.05) is 12.1 Å². The highest BCUT2D eigenvalue weighted by Gasteiger charge is 2.26. The van der Waals surface area contributed by atoms with Gasteiger partial charge in [-0.3, -0.25) is 4.79 Å². The highest BCUT2D eigenvalue weighted by molar-refractivity contribution is 5.79. The molecule has 1 amide bonds. The Morgan fingerprint density at radius 2 is 2.21 bits per heavy atom. The SMILES string of the molecule is Cc1cccc2[nH]c(CCC(=O)NCC(C)(O)c3ccco3)nc12. The second kappa shape index (κ2) is 6.49. The predicted octanol–water partition coefficient (Wildman–Crippen LogP) is 2.42. The molecule has 126 valence electrons. The number of hydrogen-bond donors (Lipinski definition) is 3. The van der Waals surface area contributed by atoms with Crippen LogP contribution in [0.4, 0.5) is 0 Å². The van der Waals surface area contributed by atoms with Gasteiger partial charge < -0.3 is 19.8 Å². The molecule has 1 aromatic carbocycles. The Morgan fingerprint density at radius 3 is 2.92 bits per heavy atom. The number of carbonyl (C=O) groups is 1. The van der Waals surface area contributed by atoms with Crippen LogP contribution in [0.2, 0.25) is 0 Å². The summed E-state index contributed by atoms with van der Waals surface area (Å²) in [5.74, 6) is 1.07. The van der Waals surface area contributed by atoms with Crippen molar-refractivity contribution in [3.8, 4) is 0 Å². The van der Waals surface area contributed by atoms with Crippen molar-refractivity contribution < 1.29 is 14.3 Å². The maximum Gasteiger partial charge on any atom is 0.220 e. The smallest absolute Gasteiger partial charge is 0.220 e. The first-order valence-corrected chi connectivity index (χ1v) is 7.93. The van der Waals surface area contributed by atoms with Crippen molar-refractivity contribution in [3.63, 3.8) is 0 Å². The number of hydrogen-bond acceptors (Lipinski definition) is 4. The molecule has 0 bridgehead atoms. The Hall–Kier alpha value is -2.60. The number of nitrogens with zero attached hydrogens (tertiary/aromatic N) is 1. The number of aromatic nitrogens is 2. The molecule has 0 radical (unpaired) electrons. The van der Waals surface area contributed by atoms with Crippen molar-refractivity contribution in [1.82, 2.24) is 15.3 Å².